The first-order valence-corrected chi connectivity index (χ1v) is 8.01. The van der Waals surface area contributed by atoms with E-state index in [1.165, 1.54) is 0 Å². The number of benzene rings is 1. The fourth-order valence-corrected chi connectivity index (χ4v) is 2.13. The van der Waals surface area contributed by atoms with Crippen LogP contribution in [0.5, 0.6) is 0 Å². The second-order valence-corrected chi connectivity index (χ2v) is 5.91. The van der Waals surface area contributed by atoms with Gasteiger partial charge in [-0.3, -0.25) is 0 Å². The number of halogens is 1. The quantitative estimate of drug-likeness (QED) is 0.760. The maximum Gasteiger partial charge on any atom is 0.315 e. The van der Waals surface area contributed by atoms with Crippen molar-refractivity contribution in [3.63, 3.8) is 0 Å². The lowest BCUT2D eigenvalue weighted by Gasteiger charge is -2.08. The highest BCUT2D eigenvalue weighted by atomic mass is 35.5. The molecule has 0 radical (unpaired) electrons. The Hall–Kier alpha value is -2.08. The average Bonchev–Trinajstić information content (AvgIpc) is 3.00. The minimum atomic E-state index is -0.224. The Bertz CT molecular complexity index is 643. The molecule has 0 saturated heterocycles. The Morgan fingerprint density at radius 2 is 2.09 bits per heavy atom. The van der Waals surface area contributed by atoms with Gasteiger partial charge in [0.05, 0.1) is 0 Å². The van der Waals surface area contributed by atoms with Gasteiger partial charge in [0.1, 0.15) is 0 Å². The van der Waals surface area contributed by atoms with Crippen molar-refractivity contribution in [3.05, 3.63) is 46.6 Å². The van der Waals surface area contributed by atoms with Crippen LogP contribution in [0.4, 0.5) is 4.79 Å². The summed E-state index contributed by atoms with van der Waals surface area (Å²) in [5.41, 5.74) is 0.886. The standard InChI is InChI=1S/C16H21ClN4O2/c1-11(2)15-20-14(23-21-15)8-5-9-18-16(22)19-10-12-6-3-4-7-13(12)17/h3-4,6-7,11H,5,8-10H2,1-2H3,(H2,18,19,22). The van der Waals surface area contributed by atoms with E-state index in [4.69, 9.17) is 16.1 Å². The lowest BCUT2D eigenvalue weighted by Crippen LogP contribution is -2.35. The molecule has 0 bridgehead atoms. The number of rotatable bonds is 7. The SMILES string of the molecule is CC(C)c1noc(CCCNC(=O)NCc2ccccc2Cl)n1. The summed E-state index contributed by atoms with van der Waals surface area (Å²) in [6.45, 7) is 4.96. The van der Waals surface area contributed by atoms with Gasteiger partial charge in [0.2, 0.25) is 5.89 Å². The maximum atomic E-state index is 11.7. The molecule has 7 heteroatoms. The summed E-state index contributed by atoms with van der Waals surface area (Å²) in [6, 6.07) is 7.19. The van der Waals surface area contributed by atoms with Crippen LogP contribution in [0.1, 0.15) is 43.5 Å². The summed E-state index contributed by atoms with van der Waals surface area (Å²) in [4.78, 5) is 16.0. The summed E-state index contributed by atoms with van der Waals surface area (Å²) < 4.78 is 5.15. The third kappa shape index (κ3) is 5.56. The third-order valence-electron chi connectivity index (χ3n) is 3.25. The van der Waals surface area contributed by atoms with Crippen molar-refractivity contribution < 1.29 is 9.32 Å². The number of amides is 2. The molecule has 1 heterocycles. The van der Waals surface area contributed by atoms with Gasteiger partial charge in [-0.05, 0) is 18.1 Å². The van der Waals surface area contributed by atoms with E-state index in [9.17, 15) is 4.79 Å². The molecular formula is C16H21ClN4O2. The number of carbonyl (C=O) groups is 1. The van der Waals surface area contributed by atoms with Crippen LogP contribution in [0.2, 0.25) is 5.02 Å². The minimum Gasteiger partial charge on any atom is -0.339 e. The molecule has 0 aliphatic heterocycles. The van der Waals surface area contributed by atoms with Crippen LogP contribution < -0.4 is 10.6 Å². The molecule has 1 aromatic carbocycles. The Morgan fingerprint density at radius 3 is 2.78 bits per heavy atom. The number of nitrogens with one attached hydrogen (secondary N) is 2. The van der Waals surface area contributed by atoms with Crippen molar-refractivity contribution in [1.82, 2.24) is 20.8 Å². The van der Waals surface area contributed by atoms with E-state index in [0.717, 1.165) is 12.0 Å². The highest BCUT2D eigenvalue weighted by molar-refractivity contribution is 6.31. The van der Waals surface area contributed by atoms with Crippen molar-refractivity contribution in [2.75, 3.05) is 6.54 Å². The van der Waals surface area contributed by atoms with Crippen LogP contribution in [-0.4, -0.2) is 22.7 Å². The second-order valence-electron chi connectivity index (χ2n) is 5.51. The van der Waals surface area contributed by atoms with Crippen molar-refractivity contribution in [2.45, 2.75) is 39.2 Å². The van der Waals surface area contributed by atoms with Gasteiger partial charge in [0, 0.05) is 30.5 Å². The largest absolute Gasteiger partial charge is 0.339 e. The molecule has 2 aromatic rings. The molecule has 0 spiro atoms. The summed E-state index contributed by atoms with van der Waals surface area (Å²) in [7, 11) is 0. The van der Waals surface area contributed by atoms with Crippen molar-refractivity contribution in [3.8, 4) is 0 Å². The fraction of sp³-hybridized carbons (Fsp3) is 0.438. The normalized spacial score (nSPS) is 10.8. The highest BCUT2D eigenvalue weighted by Crippen LogP contribution is 2.14. The molecule has 124 valence electrons. The highest BCUT2D eigenvalue weighted by Gasteiger charge is 2.09. The minimum absolute atomic E-state index is 0.224. The number of aromatic nitrogens is 2. The first-order chi connectivity index (χ1) is 11.1. The number of nitrogens with zero attached hydrogens (tertiary/aromatic N) is 2. The molecule has 0 unspecified atom stereocenters. The predicted molar refractivity (Wildman–Crippen MR) is 88.4 cm³/mol. The maximum absolute atomic E-state index is 11.7. The van der Waals surface area contributed by atoms with Gasteiger partial charge in [0.25, 0.3) is 0 Å². The predicted octanol–water partition coefficient (Wildman–Crippen LogP) is 3.28. The Kier molecular flexibility index (Phi) is 6.40. The van der Waals surface area contributed by atoms with Crippen LogP contribution in [0, 0.1) is 0 Å². The Morgan fingerprint density at radius 1 is 1.30 bits per heavy atom. The molecule has 0 saturated carbocycles. The number of hydrogen-bond acceptors (Lipinski definition) is 4. The van der Waals surface area contributed by atoms with Crippen molar-refractivity contribution >= 4 is 17.6 Å². The molecule has 23 heavy (non-hydrogen) atoms. The average molecular weight is 337 g/mol. The first-order valence-electron chi connectivity index (χ1n) is 7.64. The van der Waals surface area contributed by atoms with Crippen LogP contribution in [0.15, 0.2) is 28.8 Å². The van der Waals surface area contributed by atoms with Gasteiger partial charge in [-0.25, -0.2) is 4.79 Å². The molecule has 0 atom stereocenters. The van der Waals surface area contributed by atoms with Crippen LogP contribution in [0.25, 0.3) is 0 Å². The van der Waals surface area contributed by atoms with Gasteiger partial charge < -0.3 is 15.2 Å². The molecule has 2 amide bonds. The number of hydrogen-bond donors (Lipinski definition) is 2. The Labute approximate surface area is 140 Å². The van der Waals surface area contributed by atoms with E-state index >= 15 is 0 Å². The molecule has 0 aliphatic rings. The third-order valence-corrected chi connectivity index (χ3v) is 3.62. The molecule has 0 fully saturated rings. The zero-order valence-corrected chi connectivity index (χ0v) is 14.1. The van der Waals surface area contributed by atoms with Crippen LogP contribution in [0.3, 0.4) is 0 Å². The summed E-state index contributed by atoms with van der Waals surface area (Å²) in [5.74, 6) is 1.57. The van der Waals surface area contributed by atoms with E-state index in [1.54, 1.807) is 6.07 Å². The zero-order chi connectivity index (χ0) is 16.7. The molecule has 6 nitrogen and oxygen atoms in total. The lowest BCUT2D eigenvalue weighted by molar-refractivity contribution is 0.240. The monoisotopic (exact) mass is 336 g/mol. The lowest BCUT2D eigenvalue weighted by atomic mass is 10.2. The number of urea groups is 1. The van der Waals surface area contributed by atoms with Crippen LogP contribution in [-0.2, 0) is 13.0 Å². The van der Waals surface area contributed by atoms with Crippen molar-refractivity contribution in [1.29, 1.82) is 0 Å². The first kappa shape index (κ1) is 17.3. The van der Waals surface area contributed by atoms with E-state index in [1.807, 2.05) is 32.0 Å². The zero-order valence-electron chi connectivity index (χ0n) is 13.3. The molecule has 1 aromatic heterocycles. The van der Waals surface area contributed by atoms with Gasteiger partial charge in [-0.15, -0.1) is 0 Å². The second kappa shape index (κ2) is 8.53. The summed E-state index contributed by atoms with van der Waals surface area (Å²) in [5, 5.41) is 10.1. The topological polar surface area (TPSA) is 80.0 Å². The van der Waals surface area contributed by atoms with E-state index in [0.29, 0.717) is 36.2 Å². The molecule has 2 N–H and O–H groups in total. The van der Waals surface area contributed by atoms with E-state index < -0.39 is 0 Å². The van der Waals surface area contributed by atoms with Crippen LogP contribution >= 0.6 is 11.6 Å². The molecule has 0 aliphatic carbocycles. The smallest absolute Gasteiger partial charge is 0.315 e. The van der Waals surface area contributed by atoms with Gasteiger partial charge >= 0.3 is 6.03 Å². The van der Waals surface area contributed by atoms with E-state index in [-0.39, 0.29) is 11.9 Å². The van der Waals surface area contributed by atoms with Gasteiger partial charge in [-0.1, -0.05) is 48.8 Å². The number of carbonyl (C=O) groups excluding carboxylic acids is 1. The number of aryl methyl sites for hydroxylation is 1. The Balaban J connectivity index is 1.64. The molecule has 2 rings (SSSR count). The van der Waals surface area contributed by atoms with Gasteiger partial charge in [0.15, 0.2) is 5.82 Å². The fourth-order valence-electron chi connectivity index (χ4n) is 1.93. The van der Waals surface area contributed by atoms with Crippen molar-refractivity contribution in [2.24, 2.45) is 0 Å². The van der Waals surface area contributed by atoms with E-state index in [2.05, 4.69) is 20.8 Å². The van der Waals surface area contributed by atoms with Gasteiger partial charge in [-0.2, -0.15) is 4.98 Å². The summed E-state index contributed by atoms with van der Waals surface area (Å²) in [6.07, 6.45) is 1.38. The summed E-state index contributed by atoms with van der Waals surface area (Å²) >= 11 is 6.03. The molecular weight excluding hydrogens is 316 g/mol.